The Hall–Kier alpha value is -2.82. The third-order valence-electron chi connectivity index (χ3n) is 2.82. The zero-order chi connectivity index (χ0) is 14.7. The molecule has 106 valence electrons. The maximum Gasteiger partial charge on any atom is 0.403 e. The highest BCUT2D eigenvalue weighted by molar-refractivity contribution is 5.72. The number of nitrogens with zero attached hydrogens (tertiary/aromatic N) is 2. The number of rotatable bonds is 3. The first-order valence-corrected chi connectivity index (χ1v) is 6.60. The number of benzene rings is 1. The zero-order valence-electron chi connectivity index (χ0n) is 11.7. The van der Waals surface area contributed by atoms with E-state index >= 15 is 0 Å². The highest BCUT2D eigenvalue weighted by Gasteiger charge is 2.11. The van der Waals surface area contributed by atoms with Gasteiger partial charge in [0.25, 0.3) is 0 Å². The second kappa shape index (κ2) is 5.66. The molecular weight excluding hydrogens is 268 g/mol. The van der Waals surface area contributed by atoms with Gasteiger partial charge in [-0.15, -0.1) is 0 Å². The summed E-state index contributed by atoms with van der Waals surface area (Å²) in [6, 6.07) is 7.42. The van der Waals surface area contributed by atoms with Crippen LogP contribution in [0.3, 0.4) is 0 Å². The standard InChI is InChI=1S/C16H14N2O3/c1-3-5-9-13-11(4-2)17-15(19-13)21-16-18-12-8-6-7-10-14(12)20-16/h3-10H,1-2H3/b5-3-,11-4+,13-9+. The van der Waals surface area contributed by atoms with Crippen molar-refractivity contribution in [3.8, 4) is 12.2 Å². The summed E-state index contributed by atoms with van der Waals surface area (Å²) < 4.78 is 16.5. The first-order chi connectivity index (χ1) is 10.3. The molecule has 2 heterocycles. The molecule has 0 aliphatic rings. The van der Waals surface area contributed by atoms with E-state index in [2.05, 4.69) is 9.97 Å². The van der Waals surface area contributed by atoms with Crippen molar-refractivity contribution in [3.63, 3.8) is 0 Å². The molecule has 0 fully saturated rings. The van der Waals surface area contributed by atoms with Crippen LogP contribution in [0.25, 0.3) is 23.3 Å². The molecule has 5 heteroatoms. The number of allylic oxidation sites excluding steroid dienone is 2. The van der Waals surface area contributed by atoms with Crippen LogP contribution >= 0.6 is 0 Å². The van der Waals surface area contributed by atoms with Crippen molar-refractivity contribution in [1.82, 2.24) is 9.97 Å². The number of para-hydroxylation sites is 2. The van der Waals surface area contributed by atoms with E-state index < -0.39 is 0 Å². The van der Waals surface area contributed by atoms with Crippen LogP contribution in [0.2, 0.25) is 0 Å². The Morgan fingerprint density at radius 1 is 1.05 bits per heavy atom. The van der Waals surface area contributed by atoms with Gasteiger partial charge in [0.15, 0.2) is 11.0 Å². The van der Waals surface area contributed by atoms with Gasteiger partial charge in [0.1, 0.15) is 10.9 Å². The summed E-state index contributed by atoms with van der Waals surface area (Å²) in [5, 5.41) is 0.708. The van der Waals surface area contributed by atoms with Gasteiger partial charge >= 0.3 is 12.2 Å². The molecule has 0 bridgehead atoms. The normalized spacial score (nSPS) is 13.6. The Kier molecular flexibility index (Phi) is 3.55. The minimum atomic E-state index is 0.102. The fraction of sp³-hybridized carbons (Fsp3) is 0.125. The third kappa shape index (κ3) is 2.72. The van der Waals surface area contributed by atoms with Gasteiger partial charge in [-0.1, -0.05) is 30.4 Å². The summed E-state index contributed by atoms with van der Waals surface area (Å²) in [5.74, 6) is 0. The summed E-state index contributed by atoms with van der Waals surface area (Å²) in [4.78, 5) is 8.45. The summed E-state index contributed by atoms with van der Waals surface area (Å²) in [5.41, 5.74) is 2.01. The minimum absolute atomic E-state index is 0.102. The molecule has 0 unspecified atom stereocenters. The molecule has 0 amide bonds. The van der Waals surface area contributed by atoms with E-state index in [1.807, 2.05) is 62.4 Å². The highest BCUT2D eigenvalue weighted by atomic mass is 16.7. The van der Waals surface area contributed by atoms with Gasteiger partial charge in [-0.05, 0) is 32.1 Å². The van der Waals surface area contributed by atoms with Crippen LogP contribution in [-0.4, -0.2) is 9.97 Å². The van der Waals surface area contributed by atoms with Crippen molar-refractivity contribution in [3.05, 3.63) is 47.2 Å². The molecule has 3 rings (SSSR count). The van der Waals surface area contributed by atoms with Crippen molar-refractivity contribution >= 4 is 23.3 Å². The lowest BCUT2D eigenvalue weighted by Gasteiger charge is -1.90. The Balaban J connectivity index is 1.96. The molecule has 3 aromatic rings. The van der Waals surface area contributed by atoms with Crippen LogP contribution in [0.1, 0.15) is 13.8 Å². The monoisotopic (exact) mass is 282 g/mol. The quantitative estimate of drug-likeness (QED) is 0.739. The van der Waals surface area contributed by atoms with Crippen molar-refractivity contribution < 1.29 is 13.6 Å². The van der Waals surface area contributed by atoms with Crippen LogP contribution in [0.4, 0.5) is 0 Å². The fourth-order valence-electron chi connectivity index (χ4n) is 1.85. The molecule has 0 aliphatic carbocycles. The number of oxazole rings is 2. The molecular formula is C16H14N2O3. The molecule has 0 aliphatic heterocycles. The predicted octanol–water partition coefficient (Wildman–Crippen LogP) is 2.77. The molecule has 0 spiro atoms. The largest absolute Gasteiger partial charge is 0.409 e. The first-order valence-electron chi connectivity index (χ1n) is 6.60. The summed E-state index contributed by atoms with van der Waals surface area (Å²) in [6.07, 6.45) is 7.65. The van der Waals surface area contributed by atoms with Gasteiger partial charge in [-0.3, -0.25) is 0 Å². The molecule has 2 aromatic heterocycles. The number of hydrogen-bond donors (Lipinski definition) is 0. The summed E-state index contributed by atoms with van der Waals surface area (Å²) in [6.45, 7) is 3.81. The maximum absolute atomic E-state index is 5.54. The van der Waals surface area contributed by atoms with Gasteiger partial charge in [0.05, 0.1) is 0 Å². The fourth-order valence-corrected chi connectivity index (χ4v) is 1.85. The van der Waals surface area contributed by atoms with Crippen LogP contribution < -0.4 is 15.5 Å². The molecule has 1 aromatic carbocycles. The van der Waals surface area contributed by atoms with Crippen molar-refractivity contribution in [2.24, 2.45) is 0 Å². The lowest BCUT2D eigenvalue weighted by atomic mass is 10.3. The number of aromatic nitrogens is 2. The Labute approximate surface area is 120 Å². The van der Waals surface area contributed by atoms with Crippen molar-refractivity contribution in [2.75, 3.05) is 0 Å². The molecule has 21 heavy (non-hydrogen) atoms. The second-order valence-electron chi connectivity index (χ2n) is 4.26. The lowest BCUT2D eigenvalue weighted by molar-refractivity contribution is 0.258. The SMILES string of the molecule is C\C=C/C=c1/oc(Oc2nc3ccccc3o2)n/c1=C/C. The molecule has 0 N–H and O–H groups in total. The molecule has 0 saturated carbocycles. The maximum atomic E-state index is 5.54. The lowest BCUT2D eigenvalue weighted by Crippen LogP contribution is -2.20. The smallest absolute Gasteiger partial charge is 0.403 e. The summed E-state index contributed by atoms with van der Waals surface area (Å²) in [7, 11) is 0. The van der Waals surface area contributed by atoms with E-state index in [0.29, 0.717) is 16.3 Å². The minimum Gasteiger partial charge on any atom is -0.409 e. The van der Waals surface area contributed by atoms with E-state index in [1.54, 1.807) is 0 Å². The van der Waals surface area contributed by atoms with Crippen molar-refractivity contribution in [1.29, 1.82) is 0 Å². The average molecular weight is 282 g/mol. The van der Waals surface area contributed by atoms with Gasteiger partial charge in [0.2, 0.25) is 0 Å². The molecule has 0 radical (unpaired) electrons. The highest BCUT2D eigenvalue weighted by Crippen LogP contribution is 2.22. The van der Waals surface area contributed by atoms with E-state index in [4.69, 9.17) is 13.6 Å². The topological polar surface area (TPSA) is 61.3 Å². The Morgan fingerprint density at radius 3 is 2.62 bits per heavy atom. The predicted molar refractivity (Wildman–Crippen MR) is 79.3 cm³/mol. The molecule has 0 atom stereocenters. The van der Waals surface area contributed by atoms with E-state index in [0.717, 1.165) is 5.52 Å². The van der Waals surface area contributed by atoms with Gasteiger partial charge < -0.3 is 13.6 Å². The first kappa shape index (κ1) is 13.2. The van der Waals surface area contributed by atoms with Crippen molar-refractivity contribution in [2.45, 2.75) is 13.8 Å². The van der Waals surface area contributed by atoms with E-state index in [-0.39, 0.29) is 12.2 Å². The van der Waals surface area contributed by atoms with Gasteiger partial charge in [-0.25, -0.2) is 0 Å². The number of hydrogen-bond acceptors (Lipinski definition) is 5. The molecule has 0 saturated heterocycles. The van der Waals surface area contributed by atoms with Gasteiger partial charge in [0, 0.05) is 0 Å². The van der Waals surface area contributed by atoms with Gasteiger partial charge in [-0.2, -0.15) is 9.97 Å². The average Bonchev–Trinajstić information content (AvgIpc) is 3.08. The number of fused-ring (bicyclic) bond motifs is 1. The molecule has 5 nitrogen and oxygen atoms in total. The second-order valence-corrected chi connectivity index (χ2v) is 4.26. The summed E-state index contributed by atoms with van der Waals surface area (Å²) >= 11 is 0. The third-order valence-corrected chi connectivity index (χ3v) is 2.82. The van der Waals surface area contributed by atoms with Crippen LogP contribution in [0, 0.1) is 0 Å². The van der Waals surface area contributed by atoms with E-state index in [9.17, 15) is 0 Å². The van der Waals surface area contributed by atoms with Crippen LogP contribution in [0.15, 0.2) is 45.3 Å². The van der Waals surface area contributed by atoms with Crippen LogP contribution in [0.5, 0.6) is 12.2 Å². The van der Waals surface area contributed by atoms with Crippen LogP contribution in [-0.2, 0) is 0 Å². The zero-order valence-corrected chi connectivity index (χ0v) is 11.7. The number of ether oxygens (including phenoxy) is 1. The Bertz CT molecular complexity index is 870. The Morgan fingerprint density at radius 2 is 1.86 bits per heavy atom. The van der Waals surface area contributed by atoms with E-state index in [1.165, 1.54) is 0 Å².